The van der Waals surface area contributed by atoms with E-state index in [1.165, 1.54) is 0 Å². The number of aliphatic carboxylic acids is 1. The summed E-state index contributed by atoms with van der Waals surface area (Å²) in [6.07, 6.45) is 3.62. The first kappa shape index (κ1) is 16.4. The molecule has 2 saturated heterocycles. The Balaban J connectivity index is 1.85. The van der Waals surface area contributed by atoms with E-state index in [1.54, 1.807) is 35.2 Å². The van der Waals surface area contributed by atoms with E-state index in [9.17, 15) is 14.7 Å². The van der Waals surface area contributed by atoms with Crippen molar-refractivity contribution >= 4 is 29.2 Å². The second-order valence-corrected chi connectivity index (χ2v) is 7.44. The van der Waals surface area contributed by atoms with Crippen molar-refractivity contribution in [1.82, 2.24) is 0 Å². The lowest BCUT2D eigenvalue weighted by atomic mass is 9.74. The van der Waals surface area contributed by atoms with E-state index in [-0.39, 0.29) is 11.9 Å². The van der Waals surface area contributed by atoms with Gasteiger partial charge in [0.2, 0.25) is 5.91 Å². The van der Waals surface area contributed by atoms with Gasteiger partial charge in [0.1, 0.15) is 11.5 Å². The van der Waals surface area contributed by atoms with Crippen molar-refractivity contribution in [2.45, 2.75) is 31.1 Å². The van der Waals surface area contributed by atoms with Crippen LogP contribution in [-0.4, -0.2) is 34.7 Å². The number of rotatable bonds is 4. The second-order valence-electron chi connectivity index (χ2n) is 7.00. The predicted octanol–water partition coefficient (Wildman–Crippen LogP) is 3.05. The number of carboxylic acid groups (broad SMARTS) is 1. The predicted molar refractivity (Wildman–Crippen MR) is 93.5 cm³/mol. The average Bonchev–Trinajstić information content (AvgIpc) is 3.16. The van der Waals surface area contributed by atoms with Crippen LogP contribution >= 0.6 is 11.6 Å². The molecule has 1 N–H and O–H groups in total. The maximum absolute atomic E-state index is 13.3. The van der Waals surface area contributed by atoms with E-state index >= 15 is 0 Å². The lowest BCUT2D eigenvalue weighted by Gasteiger charge is -2.33. The SMILES string of the molecule is C=C(C)C[C@@H]1N(c2cccc(Cl)c2)C(=O)[C@@H]2[C@@H](C(=O)O)[C@H]3C=C[C@@]21O3. The fourth-order valence-electron chi connectivity index (χ4n) is 4.45. The monoisotopic (exact) mass is 359 g/mol. The van der Waals surface area contributed by atoms with Gasteiger partial charge >= 0.3 is 5.97 Å². The van der Waals surface area contributed by atoms with Crippen LogP contribution in [-0.2, 0) is 14.3 Å². The molecule has 5 nitrogen and oxygen atoms in total. The first-order valence-corrected chi connectivity index (χ1v) is 8.56. The molecular weight excluding hydrogens is 342 g/mol. The third kappa shape index (κ3) is 2.19. The number of carboxylic acids is 1. The summed E-state index contributed by atoms with van der Waals surface area (Å²) in [7, 11) is 0. The van der Waals surface area contributed by atoms with E-state index in [2.05, 4.69) is 6.58 Å². The number of hydrogen-bond donors (Lipinski definition) is 1. The fourth-order valence-corrected chi connectivity index (χ4v) is 4.63. The van der Waals surface area contributed by atoms with Gasteiger partial charge < -0.3 is 14.7 Å². The number of carbonyl (C=O) groups is 2. The number of amides is 1. The molecule has 4 rings (SSSR count). The van der Waals surface area contributed by atoms with Crippen molar-refractivity contribution in [1.29, 1.82) is 0 Å². The number of benzene rings is 1. The third-order valence-electron chi connectivity index (χ3n) is 5.34. The molecule has 1 spiro atoms. The van der Waals surface area contributed by atoms with Gasteiger partial charge in [0.15, 0.2) is 0 Å². The van der Waals surface area contributed by atoms with Gasteiger partial charge in [-0.1, -0.05) is 35.4 Å². The number of carbonyl (C=O) groups excluding carboxylic acids is 1. The van der Waals surface area contributed by atoms with E-state index in [4.69, 9.17) is 16.3 Å². The lowest BCUT2D eigenvalue weighted by molar-refractivity contribution is -0.146. The van der Waals surface area contributed by atoms with Gasteiger partial charge in [0.05, 0.1) is 18.1 Å². The lowest BCUT2D eigenvalue weighted by Crippen LogP contribution is -2.45. The van der Waals surface area contributed by atoms with Crippen LogP contribution in [0.15, 0.2) is 48.6 Å². The molecule has 1 amide bonds. The summed E-state index contributed by atoms with van der Waals surface area (Å²) in [5.41, 5.74) is 0.628. The molecule has 130 valence electrons. The van der Waals surface area contributed by atoms with Crippen LogP contribution in [0.4, 0.5) is 5.69 Å². The minimum atomic E-state index is -1.00. The standard InChI is InChI=1S/C19H18ClNO4/c1-10(2)8-14-19-7-6-13(25-19)15(18(23)24)16(19)17(22)21(14)12-5-3-4-11(20)9-12/h3-7,9,13-16H,1,8H2,2H3,(H,23,24)/t13-,14+,15+,16+,19+/m1/s1. The fraction of sp³-hybridized carbons (Fsp3) is 0.368. The average molecular weight is 360 g/mol. The third-order valence-corrected chi connectivity index (χ3v) is 5.57. The number of nitrogens with zero attached hydrogens (tertiary/aromatic N) is 1. The molecule has 2 fully saturated rings. The number of hydrogen-bond acceptors (Lipinski definition) is 3. The number of fused-ring (bicyclic) bond motifs is 1. The van der Waals surface area contributed by atoms with Crippen molar-refractivity contribution in [3.05, 3.63) is 53.6 Å². The highest BCUT2D eigenvalue weighted by atomic mass is 35.5. The van der Waals surface area contributed by atoms with Gasteiger partial charge in [-0.3, -0.25) is 9.59 Å². The van der Waals surface area contributed by atoms with Crippen LogP contribution in [0.5, 0.6) is 0 Å². The van der Waals surface area contributed by atoms with Gasteiger partial charge in [0, 0.05) is 10.7 Å². The van der Waals surface area contributed by atoms with E-state index in [0.29, 0.717) is 17.1 Å². The zero-order chi connectivity index (χ0) is 17.9. The summed E-state index contributed by atoms with van der Waals surface area (Å²) in [5.74, 6) is -2.83. The molecule has 0 radical (unpaired) electrons. The number of ether oxygens (including phenoxy) is 1. The maximum Gasteiger partial charge on any atom is 0.310 e. The Labute approximate surface area is 150 Å². The molecule has 0 saturated carbocycles. The zero-order valence-electron chi connectivity index (χ0n) is 13.7. The Morgan fingerprint density at radius 3 is 2.88 bits per heavy atom. The van der Waals surface area contributed by atoms with Crippen molar-refractivity contribution in [2.75, 3.05) is 4.90 Å². The van der Waals surface area contributed by atoms with Crippen LogP contribution in [0.3, 0.4) is 0 Å². The first-order chi connectivity index (χ1) is 11.8. The van der Waals surface area contributed by atoms with E-state index in [1.807, 2.05) is 13.0 Å². The van der Waals surface area contributed by atoms with Gasteiger partial charge in [-0.2, -0.15) is 0 Å². The minimum absolute atomic E-state index is 0.229. The molecule has 1 aromatic rings. The normalized spacial score (nSPS) is 35.3. The highest BCUT2D eigenvalue weighted by molar-refractivity contribution is 6.31. The molecule has 6 heteroatoms. The Bertz CT molecular complexity index is 819. The second kappa shape index (κ2) is 5.44. The Morgan fingerprint density at radius 2 is 2.24 bits per heavy atom. The van der Waals surface area contributed by atoms with Gasteiger partial charge in [-0.15, -0.1) is 6.58 Å². The van der Waals surface area contributed by atoms with Gasteiger partial charge in [-0.25, -0.2) is 0 Å². The first-order valence-electron chi connectivity index (χ1n) is 8.18. The van der Waals surface area contributed by atoms with Crippen LogP contribution in [0.1, 0.15) is 13.3 Å². The van der Waals surface area contributed by atoms with Crippen molar-refractivity contribution in [2.24, 2.45) is 11.8 Å². The highest BCUT2D eigenvalue weighted by Crippen LogP contribution is 2.56. The zero-order valence-corrected chi connectivity index (χ0v) is 14.4. The summed E-state index contributed by atoms with van der Waals surface area (Å²) in [6.45, 7) is 5.87. The minimum Gasteiger partial charge on any atom is -0.481 e. The Kier molecular flexibility index (Phi) is 3.56. The summed E-state index contributed by atoms with van der Waals surface area (Å²) in [6, 6.07) is 6.69. The van der Waals surface area contributed by atoms with Crippen LogP contribution in [0.2, 0.25) is 5.02 Å². The summed E-state index contributed by atoms with van der Waals surface area (Å²) >= 11 is 6.11. The molecule has 2 bridgehead atoms. The van der Waals surface area contributed by atoms with Gasteiger partial charge in [-0.05, 0) is 31.5 Å². The number of halogens is 1. The summed E-state index contributed by atoms with van der Waals surface area (Å²) in [5, 5.41) is 10.2. The van der Waals surface area contributed by atoms with Gasteiger partial charge in [0.25, 0.3) is 0 Å². The molecule has 0 aromatic heterocycles. The van der Waals surface area contributed by atoms with Crippen molar-refractivity contribution in [3.8, 4) is 0 Å². The highest BCUT2D eigenvalue weighted by Gasteiger charge is 2.71. The number of anilines is 1. The van der Waals surface area contributed by atoms with Crippen molar-refractivity contribution in [3.63, 3.8) is 0 Å². The smallest absolute Gasteiger partial charge is 0.310 e. The Hall–Kier alpha value is -2.11. The van der Waals surface area contributed by atoms with Crippen LogP contribution < -0.4 is 4.90 Å². The van der Waals surface area contributed by atoms with Crippen LogP contribution in [0, 0.1) is 11.8 Å². The van der Waals surface area contributed by atoms with Crippen molar-refractivity contribution < 1.29 is 19.4 Å². The van der Waals surface area contributed by atoms with E-state index < -0.39 is 29.5 Å². The summed E-state index contributed by atoms with van der Waals surface area (Å²) < 4.78 is 6.10. The molecule has 5 atom stereocenters. The maximum atomic E-state index is 13.3. The molecule has 0 aliphatic carbocycles. The van der Waals surface area contributed by atoms with Crippen LogP contribution in [0.25, 0.3) is 0 Å². The largest absolute Gasteiger partial charge is 0.481 e. The molecule has 3 aliphatic heterocycles. The molecule has 25 heavy (non-hydrogen) atoms. The molecular formula is C19H18ClNO4. The molecule has 0 unspecified atom stereocenters. The molecule has 3 aliphatic rings. The topological polar surface area (TPSA) is 66.8 Å². The van der Waals surface area contributed by atoms with E-state index in [0.717, 1.165) is 5.57 Å². The Morgan fingerprint density at radius 1 is 1.48 bits per heavy atom. The molecule has 3 heterocycles. The quantitative estimate of drug-likeness (QED) is 0.839. The molecule has 1 aromatic carbocycles. The summed E-state index contributed by atoms with van der Waals surface area (Å²) in [4.78, 5) is 26.7.